The molecular formula is C13H16N2O. The predicted octanol–water partition coefficient (Wildman–Crippen LogP) is 2.25. The third-order valence-corrected chi connectivity index (χ3v) is 2.49. The van der Waals surface area contributed by atoms with Crippen molar-refractivity contribution in [3.05, 3.63) is 59.9 Å². The highest BCUT2D eigenvalue weighted by Crippen LogP contribution is 2.01. The maximum absolute atomic E-state index is 5.38. The zero-order valence-corrected chi connectivity index (χ0v) is 9.39. The van der Waals surface area contributed by atoms with Crippen LogP contribution in [0.1, 0.15) is 11.3 Å². The molecule has 0 radical (unpaired) electrons. The number of benzene rings is 1. The summed E-state index contributed by atoms with van der Waals surface area (Å²) in [5, 5.41) is 0. The second-order valence-corrected chi connectivity index (χ2v) is 3.71. The summed E-state index contributed by atoms with van der Waals surface area (Å²) < 4.78 is 2.07. The summed E-state index contributed by atoms with van der Waals surface area (Å²) in [6.45, 7) is 1.31. The first kappa shape index (κ1) is 10.9. The first-order valence-corrected chi connectivity index (χ1v) is 5.35. The van der Waals surface area contributed by atoms with Gasteiger partial charge < -0.3 is 4.57 Å². The fraction of sp³-hybridized carbons (Fsp3) is 0.231. The van der Waals surface area contributed by atoms with Crippen LogP contribution in [-0.4, -0.2) is 4.57 Å². The van der Waals surface area contributed by atoms with Gasteiger partial charge >= 0.3 is 0 Å². The van der Waals surface area contributed by atoms with E-state index in [-0.39, 0.29) is 0 Å². The molecule has 0 saturated heterocycles. The summed E-state index contributed by atoms with van der Waals surface area (Å²) in [6.07, 6.45) is 2.02. The lowest BCUT2D eigenvalue weighted by molar-refractivity contribution is 0.0224. The number of hydrogen-bond acceptors (Lipinski definition) is 2. The SMILES string of the molecule is Cn1cccc1CNOCc1ccccc1. The van der Waals surface area contributed by atoms with Crippen LogP contribution in [0.15, 0.2) is 48.7 Å². The van der Waals surface area contributed by atoms with Gasteiger partial charge in [-0.05, 0) is 17.7 Å². The molecule has 0 saturated carbocycles. The van der Waals surface area contributed by atoms with E-state index in [2.05, 4.69) is 16.1 Å². The van der Waals surface area contributed by atoms with Crippen LogP contribution in [0, 0.1) is 0 Å². The van der Waals surface area contributed by atoms with Gasteiger partial charge in [0.2, 0.25) is 0 Å². The molecule has 0 aliphatic rings. The maximum Gasteiger partial charge on any atom is 0.0933 e. The predicted molar refractivity (Wildman–Crippen MR) is 63.5 cm³/mol. The van der Waals surface area contributed by atoms with Gasteiger partial charge in [0.05, 0.1) is 13.2 Å². The summed E-state index contributed by atoms with van der Waals surface area (Å²) in [6, 6.07) is 14.2. The molecule has 2 rings (SSSR count). The van der Waals surface area contributed by atoms with Crippen molar-refractivity contribution in [3.63, 3.8) is 0 Å². The van der Waals surface area contributed by atoms with E-state index < -0.39 is 0 Å². The molecule has 2 aromatic rings. The van der Waals surface area contributed by atoms with Crippen molar-refractivity contribution in [1.29, 1.82) is 0 Å². The maximum atomic E-state index is 5.38. The average molecular weight is 216 g/mol. The quantitative estimate of drug-likeness (QED) is 0.613. The molecule has 1 heterocycles. The van der Waals surface area contributed by atoms with Gasteiger partial charge in [0.1, 0.15) is 0 Å². The van der Waals surface area contributed by atoms with Gasteiger partial charge in [-0.3, -0.25) is 4.84 Å². The van der Waals surface area contributed by atoms with Crippen molar-refractivity contribution >= 4 is 0 Å². The molecule has 0 aliphatic heterocycles. The molecule has 0 amide bonds. The lowest BCUT2D eigenvalue weighted by Gasteiger charge is -2.06. The van der Waals surface area contributed by atoms with Crippen LogP contribution in [0.2, 0.25) is 0 Å². The zero-order valence-electron chi connectivity index (χ0n) is 9.39. The van der Waals surface area contributed by atoms with Crippen molar-refractivity contribution in [2.24, 2.45) is 7.05 Å². The normalized spacial score (nSPS) is 10.6. The first-order valence-electron chi connectivity index (χ1n) is 5.35. The summed E-state index contributed by atoms with van der Waals surface area (Å²) in [7, 11) is 2.02. The van der Waals surface area contributed by atoms with Crippen molar-refractivity contribution in [2.45, 2.75) is 13.2 Å². The molecule has 1 aromatic carbocycles. The van der Waals surface area contributed by atoms with E-state index in [9.17, 15) is 0 Å². The van der Waals surface area contributed by atoms with Gasteiger partial charge in [-0.2, -0.15) is 5.48 Å². The van der Waals surface area contributed by atoms with Crippen LogP contribution in [0.3, 0.4) is 0 Å². The Morgan fingerprint density at radius 1 is 1.12 bits per heavy atom. The highest BCUT2D eigenvalue weighted by Gasteiger charge is 1.96. The number of rotatable bonds is 5. The first-order chi connectivity index (χ1) is 7.86. The van der Waals surface area contributed by atoms with Gasteiger partial charge in [0.25, 0.3) is 0 Å². The minimum atomic E-state index is 0.589. The number of hydrogen-bond donors (Lipinski definition) is 1. The number of nitrogens with zero attached hydrogens (tertiary/aromatic N) is 1. The average Bonchev–Trinajstić information content (AvgIpc) is 2.72. The molecule has 0 atom stereocenters. The third-order valence-electron chi connectivity index (χ3n) is 2.49. The van der Waals surface area contributed by atoms with Crippen LogP contribution in [0.25, 0.3) is 0 Å². The Morgan fingerprint density at radius 2 is 1.94 bits per heavy atom. The lowest BCUT2D eigenvalue weighted by Crippen LogP contribution is -2.15. The molecule has 0 spiro atoms. The van der Waals surface area contributed by atoms with Crippen LogP contribution < -0.4 is 5.48 Å². The van der Waals surface area contributed by atoms with Gasteiger partial charge in [-0.1, -0.05) is 30.3 Å². The van der Waals surface area contributed by atoms with E-state index >= 15 is 0 Å². The molecule has 0 unspecified atom stereocenters. The van der Waals surface area contributed by atoms with Gasteiger partial charge in [0.15, 0.2) is 0 Å². The molecule has 3 heteroatoms. The number of aromatic nitrogens is 1. The smallest absolute Gasteiger partial charge is 0.0933 e. The van der Waals surface area contributed by atoms with Gasteiger partial charge in [-0.15, -0.1) is 0 Å². The second-order valence-electron chi connectivity index (χ2n) is 3.71. The van der Waals surface area contributed by atoms with Crippen LogP contribution >= 0.6 is 0 Å². The van der Waals surface area contributed by atoms with Gasteiger partial charge in [0, 0.05) is 18.9 Å². The van der Waals surface area contributed by atoms with E-state index in [4.69, 9.17) is 4.84 Å². The highest BCUT2D eigenvalue weighted by molar-refractivity contribution is 5.13. The van der Waals surface area contributed by atoms with Crippen molar-refractivity contribution in [3.8, 4) is 0 Å². The van der Waals surface area contributed by atoms with E-state index in [1.54, 1.807) is 0 Å². The van der Waals surface area contributed by atoms with Crippen molar-refractivity contribution in [2.75, 3.05) is 0 Å². The molecule has 0 fully saturated rings. The van der Waals surface area contributed by atoms with E-state index in [0.717, 1.165) is 6.54 Å². The number of nitrogens with one attached hydrogen (secondary N) is 1. The van der Waals surface area contributed by atoms with Crippen LogP contribution in [0.5, 0.6) is 0 Å². The topological polar surface area (TPSA) is 26.2 Å². The molecule has 0 aliphatic carbocycles. The Kier molecular flexibility index (Phi) is 3.75. The second kappa shape index (κ2) is 5.49. The van der Waals surface area contributed by atoms with Crippen molar-refractivity contribution in [1.82, 2.24) is 10.0 Å². The molecule has 0 bridgehead atoms. The molecule has 16 heavy (non-hydrogen) atoms. The molecule has 3 nitrogen and oxygen atoms in total. The summed E-state index contributed by atoms with van der Waals surface area (Å²) >= 11 is 0. The summed E-state index contributed by atoms with van der Waals surface area (Å²) in [4.78, 5) is 5.38. The zero-order chi connectivity index (χ0) is 11.2. The fourth-order valence-electron chi connectivity index (χ4n) is 1.51. The van der Waals surface area contributed by atoms with Crippen LogP contribution in [0.4, 0.5) is 0 Å². The standard InChI is InChI=1S/C13H16N2O/c1-15-9-5-8-13(15)10-14-16-11-12-6-3-2-4-7-12/h2-9,14H,10-11H2,1H3. The largest absolute Gasteiger partial charge is 0.353 e. The fourth-order valence-corrected chi connectivity index (χ4v) is 1.51. The van der Waals surface area contributed by atoms with Crippen molar-refractivity contribution < 1.29 is 4.84 Å². The summed E-state index contributed by atoms with van der Waals surface area (Å²) in [5.74, 6) is 0. The third kappa shape index (κ3) is 2.95. The Hall–Kier alpha value is -1.58. The van der Waals surface area contributed by atoms with Crippen LogP contribution in [-0.2, 0) is 25.0 Å². The Bertz CT molecular complexity index is 423. The van der Waals surface area contributed by atoms with Gasteiger partial charge in [-0.25, -0.2) is 0 Å². The Morgan fingerprint density at radius 3 is 2.62 bits per heavy atom. The molecule has 84 valence electrons. The summed E-state index contributed by atoms with van der Waals surface area (Å²) in [5.41, 5.74) is 5.33. The number of hydroxylamine groups is 1. The Balaban J connectivity index is 1.72. The van der Waals surface area contributed by atoms with E-state index in [1.165, 1.54) is 11.3 Å². The van der Waals surface area contributed by atoms with E-state index in [1.807, 2.05) is 49.6 Å². The number of aryl methyl sites for hydroxylation is 1. The lowest BCUT2D eigenvalue weighted by atomic mass is 10.2. The molecule has 1 aromatic heterocycles. The Labute approximate surface area is 95.6 Å². The molecule has 1 N–H and O–H groups in total. The highest BCUT2D eigenvalue weighted by atomic mass is 16.6. The minimum absolute atomic E-state index is 0.589. The van der Waals surface area contributed by atoms with E-state index in [0.29, 0.717) is 6.61 Å². The molecular weight excluding hydrogens is 200 g/mol. The monoisotopic (exact) mass is 216 g/mol. The minimum Gasteiger partial charge on any atom is -0.353 e.